The summed E-state index contributed by atoms with van der Waals surface area (Å²) in [6.45, 7) is 0. The van der Waals surface area contributed by atoms with Crippen LogP contribution in [0.3, 0.4) is 0 Å². The van der Waals surface area contributed by atoms with Gasteiger partial charge in [-0.05, 0) is 35.9 Å². The normalized spacial score (nSPS) is 15.0. The van der Waals surface area contributed by atoms with E-state index in [1.165, 1.54) is 13.2 Å². The van der Waals surface area contributed by atoms with Gasteiger partial charge in [0.1, 0.15) is 5.75 Å². The first kappa shape index (κ1) is 13.5. The predicted molar refractivity (Wildman–Crippen MR) is 79.0 cm³/mol. The molecule has 0 saturated heterocycles. The molecule has 106 valence electrons. The summed E-state index contributed by atoms with van der Waals surface area (Å²) in [5.74, 6) is 0.653. The zero-order valence-corrected chi connectivity index (χ0v) is 11.8. The molecule has 1 N–H and O–H groups in total. The lowest BCUT2D eigenvalue weighted by Crippen LogP contribution is -1.98. The number of allylic oxidation sites excluding steroid dienone is 1. The van der Waals surface area contributed by atoms with Crippen molar-refractivity contribution < 1.29 is 19.4 Å². The molecule has 1 aliphatic heterocycles. The fourth-order valence-corrected chi connectivity index (χ4v) is 2.34. The smallest absolute Gasteiger partial charge is 0.231 e. The molecule has 5 heteroatoms. The van der Waals surface area contributed by atoms with Crippen molar-refractivity contribution >= 4 is 23.5 Å². The highest BCUT2D eigenvalue weighted by molar-refractivity contribution is 6.32. The minimum absolute atomic E-state index is 0.136. The fourth-order valence-electron chi connectivity index (χ4n) is 2.12. The summed E-state index contributed by atoms with van der Waals surface area (Å²) >= 11 is 5.92. The maximum Gasteiger partial charge on any atom is 0.231 e. The third-order valence-corrected chi connectivity index (χ3v) is 3.43. The second-order valence-corrected chi connectivity index (χ2v) is 4.90. The van der Waals surface area contributed by atoms with Crippen LogP contribution in [0.1, 0.15) is 15.9 Å². The van der Waals surface area contributed by atoms with Crippen molar-refractivity contribution in [1.82, 2.24) is 0 Å². The van der Waals surface area contributed by atoms with Crippen molar-refractivity contribution in [1.29, 1.82) is 0 Å². The molecule has 0 atom stereocenters. The SMILES string of the molecule is COc1cc(/C=C2\Oc3ccccc3C2=O)cc(Cl)c1O. The second kappa shape index (κ2) is 5.14. The molecule has 1 aliphatic rings. The van der Waals surface area contributed by atoms with Crippen molar-refractivity contribution in [3.05, 3.63) is 58.3 Å². The Labute approximate surface area is 126 Å². The topological polar surface area (TPSA) is 55.8 Å². The average Bonchev–Trinajstić information content (AvgIpc) is 2.79. The third-order valence-electron chi connectivity index (χ3n) is 3.14. The van der Waals surface area contributed by atoms with E-state index in [0.29, 0.717) is 16.9 Å². The van der Waals surface area contributed by atoms with Gasteiger partial charge in [0.25, 0.3) is 0 Å². The van der Waals surface area contributed by atoms with Gasteiger partial charge in [0.05, 0.1) is 17.7 Å². The molecule has 0 amide bonds. The Kier molecular flexibility index (Phi) is 3.31. The van der Waals surface area contributed by atoms with Crippen LogP contribution < -0.4 is 9.47 Å². The number of methoxy groups -OCH3 is 1. The summed E-state index contributed by atoms with van der Waals surface area (Å²) in [5, 5.41) is 9.84. The highest BCUT2D eigenvalue weighted by Gasteiger charge is 2.26. The lowest BCUT2D eigenvalue weighted by molar-refractivity contribution is 0.101. The van der Waals surface area contributed by atoms with E-state index >= 15 is 0 Å². The van der Waals surface area contributed by atoms with E-state index in [2.05, 4.69) is 0 Å². The summed E-state index contributed by atoms with van der Waals surface area (Å²) in [6.07, 6.45) is 1.57. The zero-order chi connectivity index (χ0) is 15.0. The van der Waals surface area contributed by atoms with Crippen molar-refractivity contribution in [2.24, 2.45) is 0 Å². The van der Waals surface area contributed by atoms with Gasteiger partial charge in [-0.25, -0.2) is 0 Å². The quantitative estimate of drug-likeness (QED) is 0.860. The van der Waals surface area contributed by atoms with E-state index in [-0.39, 0.29) is 28.1 Å². The number of halogens is 1. The van der Waals surface area contributed by atoms with Crippen LogP contribution in [0.4, 0.5) is 0 Å². The van der Waals surface area contributed by atoms with Gasteiger partial charge in [-0.3, -0.25) is 4.79 Å². The van der Waals surface area contributed by atoms with Gasteiger partial charge < -0.3 is 14.6 Å². The van der Waals surface area contributed by atoms with E-state index in [1.54, 1.807) is 36.4 Å². The van der Waals surface area contributed by atoms with Gasteiger partial charge in [-0.2, -0.15) is 0 Å². The van der Waals surface area contributed by atoms with Crippen LogP contribution in [0.5, 0.6) is 17.2 Å². The van der Waals surface area contributed by atoms with Crippen LogP contribution in [0, 0.1) is 0 Å². The van der Waals surface area contributed by atoms with Gasteiger partial charge in [-0.15, -0.1) is 0 Å². The first-order chi connectivity index (χ1) is 10.1. The predicted octanol–water partition coefficient (Wildman–Crippen LogP) is 3.67. The number of Topliss-reactive ketones (excluding diaryl/α,β-unsaturated/α-hetero) is 1. The number of carbonyl (C=O) groups excluding carboxylic acids is 1. The Bertz CT molecular complexity index is 765. The third kappa shape index (κ3) is 2.34. The summed E-state index contributed by atoms with van der Waals surface area (Å²) < 4.78 is 10.6. The van der Waals surface area contributed by atoms with Crippen LogP contribution in [-0.2, 0) is 0 Å². The largest absolute Gasteiger partial charge is 0.503 e. The Morgan fingerprint density at radius 2 is 2.05 bits per heavy atom. The summed E-state index contributed by atoms with van der Waals surface area (Å²) in [7, 11) is 1.43. The number of aromatic hydroxyl groups is 1. The number of rotatable bonds is 2. The standard InChI is InChI=1S/C16H11ClO4/c1-20-13-7-9(6-11(17)16(13)19)8-14-15(18)10-4-2-3-5-12(10)21-14/h2-8,19H,1H3/b14-8-. The average molecular weight is 303 g/mol. The summed E-state index contributed by atoms with van der Waals surface area (Å²) in [5.41, 5.74) is 1.13. The van der Waals surface area contributed by atoms with Crippen molar-refractivity contribution in [2.45, 2.75) is 0 Å². The number of hydrogen-bond donors (Lipinski definition) is 1. The molecule has 0 bridgehead atoms. The molecule has 2 aromatic carbocycles. The Morgan fingerprint density at radius 1 is 1.29 bits per heavy atom. The highest BCUT2D eigenvalue weighted by Crippen LogP contribution is 2.37. The molecule has 0 spiro atoms. The van der Waals surface area contributed by atoms with Crippen LogP contribution in [0.25, 0.3) is 6.08 Å². The second-order valence-electron chi connectivity index (χ2n) is 4.49. The van der Waals surface area contributed by atoms with Gasteiger partial charge in [0.2, 0.25) is 5.78 Å². The maximum atomic E-state index is 12.2. The molecule has 0 aliphatic carbocycles. The van der Waals surface area contributed by atoms with Crippen LogP contribution in [0.15, 0.2) is 42.2 Å². The number of ketones is 1. The zero-order valence-electron chi connectivity index (χ0n) is 11.1. The summed E-state index contributed by atoms with van der Waals surface area (Å²) in [6, 6.07) is 10.1. The number of phenols is 1. The molecular formula is C16H11ClO4. The minimum Gasteiger partial charge on any atom is -0.503 e. The van der Waals surface area contributed by atoms with E-state index in [4.69, 9.17) is 21.1 Å². The van der Waals surface area contributed by atoms with Crippen LogP contribution >= 0.6 is 11.6 Å². The first-order valence-electron chi connectivity index (χ1n) is 6.20. The highest BCUT2D eigenvalue weighted by atomic mass is 35.5. The number of fused-ring (bicyclic) bond motifs is 1. The number of para-hydroxylation sites is 1. The van der Waals surface area contributed by atoms with Crippen molar-refractivity contribution in [3.8, 4) is 17.2 Å². The van der Waals surface area contributed by atoms with Gasteiger partial charge in [0.15, 0.2) is 17.3 Å². The molecule has 0 fully saturated rings. The van der Waals surface area contributed by atoms with Gasteiger partial charge in [0, 0.05) is 0 Å². The molecule has 0 aromatic heterocycles. The Morgan fingerprint density at radius 3 is 2.76 bits per heavy atom. The number of phenolic OH excluding ortho intramolecular Hbond substituents is 1. The molecule has 4 nitrogen and oxygen atoms in total. The monoisotopic (exact) mass is 302 g/mol. The molecule has 1 heterocycles. The van der Waals surface area contributed by atoms with Crippen molar-refractivity contribution in [2.75, 3.05) is 7.11 Å². The van der Waals surface area contributed by atoms with Gasteiger partial charge >= 0.3 is 0 Å². The lowest BCUT2D eigenvalue weighted by Gasteiger charge is -2.06. The maximum absolute atomic E-state index is 12.2. The van der Waals surface area contributed by atoms with Crippen molar-refractivity contribution in [3.63, 3.8) is 0 Å². The summed E-state index contributed by atoms with van der Waals surface area (Å²) in [4.78, 5) is 12.2. The Balaban J connectivity index is 2.01. The van der Waals surface area contributed by atoms with E-state index in [1.807, 2.05) is 0 Å². The van der Waals surface area contributed by atoms with E-state index in [0.717, 1.165) is 0 Å². The molecule has 21 heavy (non-hydrogen) atoms. The van der Waals surface area contributed by atoms with Gasteiger partial charge in [-0.1, -0.05) is 23.7 Å². The number of benzene rings is 2. The molecular weight excluding hydrogens is 292 g/mol. The molecule has 3 rings (SSSR count). The number of carbonyl (C=O) groups is 1. The Hall–Kier alpha value is -2.46. The number of hydrogen-bond acceptors (Lipinski definition) is 4. The van der Waals surface area contributed by atoms with Crippen LogP contribution in [0.2, 0.25) is 5.02 Å². The molecule has 0 saturated carbocycles. The number of ether oxygens (including phenoxy) is 2. The fraction of sp³-hybridized carbons (Fsp3) is 0.0625. The molecule has 0 radical (unpaired) electrons. The molecule has 0 unspecified atom stereocenters. The molecule has 2 aromatic rings. The van der Waals surface area contributed by atoms with E-state index < -0.39 is 0 Å². The first-order valence-corrected chi connectivity index (χ1v) is 6.57. The van der Waals surface area contributed by atoms with E-state index in [9.17, 15) is 9.90 Å². The lowest BCUT2D eigenvalue weighted by atomic mass is 10.1. The van der Waals surface area contributed by atoms with Crippen LogP contribution in [-0.4, -0.2) is 18.0 Å². The minimum atomic E-state index is -0.186.